The van der Waals surface area contributed by atoms with Gasteiger partial charge in [-0.05, 0) is 36.8 Å². The van der Waals surface area contributed by atoms with Crippen molar-refractivity contribution < 1.29 is 18.4 Å². The molecule has 2 aromatic heterocycles. The molecule has 0 aliphatic carbocycles. The minimum atomic E-state index is -0.644. The number of carbonyl (C=O) groups excluding carboxylic acids is 2. The van der Waals surface area contributed by atoms with E-state index in [2.05, 4.69) is 32.3 Å². The van der Waals surface area contributed by atoms with Gasteiger partial charge < -0.3 is 15.1 Å². The van der Waals surface area contributed by atoms with E-state index >= 15 is 0 Å². The first-order chi connectivity index (χ1) is 19.6. The standard InChI is InChI=1S/C30H33F2N7O2/c1-18-13-37(22(12-34-18)14-38-15-25-23(29(38)41)5-4-8-33-25)16-27(40)39-17-30(2,3)28-26(39)11-21(35-36-28)9-19-6-7-20(31)10-24(19)32/h4-8,10-11,18,22,34H,9,12-17H2,1-3H3/t18?,22-/m1/s1. The third-order valence-corrected chi connectivity index (χ3v) is 8.24. The molecule has 1 N–H and O–H groups in total. The number of fused-ring (bicyclic) bond motifs is 2. The summed E-state index contributed by atoms with van der Waals surface area (Å²) in [5, 5.41) is 12.2. The van der Waals surface area contributed by atoms with Gasteiger partial charge in [0.25, 0.3) is 5.91 Å². The molecule has 2 atom stereocenters. The van der Waals surface area contributed by atoms with Crippen molar-refractivity contribution in [2.24, 2.45) is 0 Å². The Bertz CT molecular complexity index is 1510. The van der Waals surface area contributed by atoms with E-state index in [4.69, 9.17) is 0 Å². The van der Waals surface area contributed by atoms with E-state index in [0.29, 0.717) is 60.9 Å². The molecule has 3 aliphatic heterocycles. The molecule has 0 bridgehead atoms. The Balaban J connectivity index is 1.20. The van der Waals surface area contributed by atoms with Gasteiger partial charge in [-0.3, -0.25) is 19.5 Å². The summed E-state index contributed by atoms with van der Waals surface area (Å²) in [5.74, 6) is -1.38. The second kappa shape index (κ2) is 10.5. The van der Waals surface area contributed by atoms with Crippen LogP contribution in [0.2, 0.25) is 0 Å². The number of nitrogens with zero attached hydrogens (tertiary/aromatic N) is 6. The Morgan fingerprint density at radius 1 is 1.17 bits per heavy atom. The fourth-order valence-corrected chi connectivity index (χ4v) is 6.08. The summed E-state index contributed by atoms with van der Waals surface area (Å²) >= 11 is 0. The Kier molecular flexibility index (Phi) is 7.03. The maximum Gasteiger partial charge on any atom is 0.256 e. The highest BCUT2D eigenvalue weighted by Gasteiger charge is 2.42. The zero-order valence-corrected chi connectivity index (χ0v) is 23.4. The predicted molar refractivity (Wildman–Crippen MR) is 148 cm³/mol. The molecule has 3 aromatic rings. The number of rotatable bonds is 6. The summed E-state index contributed by atoms with van der Waals surface area (Å²) in [7, 11) is 0. The van der Waals surface area contributed by atoms with Crippen LogP contribution >= 0.6 is 0 Å². The van der Waals surface area contributed by atoms with Crippen molar-refractivity contribution in [3.05, 3.63) is 82.4 Å². The van der Waals surface area contributed by atoms with E-state index in [9.17, 15) is 18.4 Å². The molecule has 3 aliphatic rings. The lowest BCUT2D eigenvalue weighted by Crippen LogP contribution is -2.60. The third-order valence-electron chi connectivity index (χ3n) is 8.24. The average Bonchev–Trinajstić information content (AvgIpc) is 3.39. The van der Waals surface area contributed by atoms with Crippen molar-refractivity contribution in [1.82, 2.24) is 30.3 Å². The molecule has 0 spiro atoms. The summed E-state index contributed by atoms with van der Waals surface area (Å²) in [5.41, 5.74) is 3.21. The van der Waals surface area contributed by atoms with Crippen LogP contribution in [0.25, 0.3) is 0 Å². The molecule has 2 amide bonds. The van der Waals surface area contributed by atoms with Crippen LogP contribution in [-0.4, -0.2) is 81.6 Å². The van der Waals surface area contributed by atoms with Gasteiger partial charge in [-0.25, -0.2) is 8.78 Å². The number of benzene rings is 1. The van der Waals surface area contributed by atoms with Crippen molar-refractivity contribution in [2.45, 2.75) is 51.2 Å². The Hall–Kier alpha value is -3.83. The summed E-state index contributed by atoms with van der Waals surface area (Å²) in [6, 6.07) is 8.99. The molecule has 6 rings (SSSR count). The van der Waals surface area contributed by atoms with Gasteiger partial charge in [0.2, 0.25) is 5.91 Å². The third kappa shape index (κ3) is 5.31. The SMILES string of the molecule is CC1CN(CC(=O)N2CC(C)(C)c3nnc(Cc4ccc(F)cc4F)cc32)[C@@H](CN2Cc3ncccc3C2=O)CN1. The molecule has 1 saturated heterocycles. The van der Waals surface area contributed by atoms with Crippen molar-refractivity contribution in [3.63, 3.8) is 0 Å². The number of carbonyl (C=O) groups is 2. The maximum atomic E-state index is 14.3. The van der Waals surface area contributed by atoms with E-state index < -0.39 is 17.0 Å². The summed E-state index contributed by atoms with van der Waals surface area (Å²) in [4.78, 5) is 37.0. The van der Waals surface area contributed by atoms with E-state index in [1.54, 1.807) is 29.3 Å². The van der Waals surface area contributed by atoms with Gasteiger partial charge in [0.05, 0.1) is 41.4 Å². The van der Waals surface area contributed by atoms with Gasteiger partial charge in [0, 0.05) is 62.4 Å². The van der Waals surface area contributed by atoms with E-state index in [0.717, 1.165) is 11.8 Å². The van der Waals surface area contributed by atoms with Gasteiger partial charge in [-0.1, -0.05) is 19.9 Å². The second-order valence-corrected chi connectivity index (χ2v) is 11.9. The fourth-order valence-electron chi connectivity index (χ4n) is 6.08. The molecular weight excluding hydrogens is 528 g/mol. The lowest BCUT2D eigenvalue weighted by molar-refractivity contribution is -0.120. The van der Waals surface area contributed by atoms with Crippen molar-refractivity contribution in [3.8, 4) is 0 Å². The summed E-state index contributed by atoms with van der Waals surface area (Å²) in [6.45, 7) is 9.03. The van der Waals surface area contributed by atoms with Crippen LogP contribution in [0.3, 0.4) is 0 Å². The number of nitrogens with one attached hydrogen (secondary N) is 1. The number of pyridine rings is 1. The molecule has 0 saturated carbocycles. The zero-order valence-electron chi connectivity index (χ0n) is 23.4. The number of anilines is 1. The molecule has 1 aromatic carbocycles. The van der Waals surface area contributed by atoms with Crippen LogP contribution in [0, 0.1) is 11.6 Å². The molecular formula is C30H33F2N7O2. The van der Waals surface area contributed by atoms with E-state index in [-0.39, 0.29) is 36.9 Å². The van der Waals surface area contributed by atoms with Crippen molar-refractivity contribution in [2.75, 3.05) is 37.6 Å². The van der Waals surface area contributed by atoms with Crippen LogP contribution in [0.5, 0.6) is 0 Å². The fraction of sp³-hybridized carbons (Fsp3) is 0.433. The molecule has 1 unspecified atom stereocenters. The van der Waals surface area contributed by atoms with Gasteiger partial charge in [-0.15, -0.1) is 0 Å². The summed E-state index contributed by atoms with van der Waals surface area (Å²) < 4.78 is 27.7. The number of halogens is 2. The molecule has 11 heteroatoms. The van der Waals surface area contributed by atoms with E-state index in [1.165, 1.54) is 12.1 Å². The van der Waals surface area contributed by atoms with Gasteiger partial charge in [0.1, 0.15) is 11.6 Å². The minimum absolute atomic E-state index is 0.0306. The largest absolute Gasteiger partial charge is 0.331 e. The first kappa shape index (κ1) is 27.3. The minimum Gasteiger partial charge on any atom is -0.331 e. The molecule has 214 valence electrons. The van der Waals surface area contributed by atoms with Crippen molar-refractivity contribution >= 4 is 17.5 Å². The van der Waals surface area contributed by atoms with Gasteiger partial charge in [-0.2, -0.15) is 10.2 Å². The molecule has 1 fully saturated rings. The second-order valence-electron chi connectivity index (χ2n) is 11.9. The van der Waals surface area contributed by atoms with Crippen molar-refractivity contribution in [1.29, 1.82) is 0 Å². The Morgan fingerprint density at radius 3 is 2.78 bits per heavy atom. The molecule has 5 heterocycles. The van der Waals surface area contributed by atoms with Gasteiger partial charge >= 0.3 is 0 Å². The monoisotopic (exact) mass is 561 g/mol. The number of piperazine rings is 1. The number of aromatic nitrogens is 3. The van der Waals surface area contributed by atoms with Crippen LogP contribution < -0.4 is 10.2 Å². The highest BCUT2D eigenvalue weighted by Crippen LogP contribution is 2.39. The van der Waals surface area contributed by atoms with Crippen LogP contribution in [-0.2, 0) is 23.2 Å². The van der Waals surface area contributed by atoms with E-state index in [1.807, 2.05) is 18.7 Å². The Labute approximate surface area is 237 Å². The Morgan fingerprint density at radius 2 is 2.00 bits per heavy atom. The lowest BCUT2D eigenvalue weighted by atomic mass is 9.91. The number of hydrogen-bond acceptors (Lipinski definition) is 7. The predicted octanol–water partition coefficient (Wildman–Crippen LogP) is 2.68. The zero-order chi connectivity index (χ0) is 28.9. The maximum absolute atomic E-state index is 14.3. The van der Waals surface area contributed by atoms with Crippen LogP contribution in [0.4, 0.5) is 14.5 Å². The van der Waals surface area contributed by atoms with Gasteiger partial charge in [0.15, 0.2) is 0 Å². The first-order valence-electron chi connectivity index (χ1n) is 13.9. The number of hydrogen-bond donors (Lipinski definition) is 1. The van der Waals surface area contributed by atoms with Crippen LogP contribution in [0.1, 0.15) is 53.8 Å². The molecule has 9 nitrogen and oxygen atoms in total. The number of amides is 2. The normalized spacial score (nSPS) is 21.7. The molecule has 0 radical (unpaired) electrons. The highest BCUT2D eigenvalue weighted by molar-refractivity contribution is 5.98. The lowest BCUT2D eigenvalue weighted by Gasteiger charge is -2.41. The topological polar surface area (TPSA) is 94.6 Å². The summed E-state index contributed by atoms with van der Waals surface area (Å²) in [6.07, 6.45) is 1.83. The molecule has 41 heavy (non-hydrogen) atoms. The average molecular weight is 562 g/mol. The smallest absolute Gasteiger partial charge is 0.256 e. The highest BCUT2D eigenvalue weighted by atomic mass is 19.1. The first-order valence-corrected chi connectivity index (χ1v) is 13.9. The van der Waals surface area contributed by atoms with Crippen LogP contribution in [0.15, 0.2) is 42.6 Å². The quantitative estimate of drug-likeness (QED) is 0.495.